The minimum atomic E-state index is 0.0752. The molecule has 1 saturated heterocycles. The van der Waals surface area contributed by atoms with Crippen molar-refractivity contribution in [3.63, 3.8) is 0 Å². The Labute approximate surface area is 80.5 Å². The summed E-state index contributed by atoms with van der Waals surface area (Å²) in [6.45, 7) is 6.35. The second-order valence-electron chi connectivity index (χ2n) is 4.29. The Hall–Kier alpha value is -0.730. The molecule has 0 aromatic rings. The summed E-state index contributed by atoms with van der Waals surface area (Å²) in [6, 6.07) is 0.0752. The van der Waals surface area contributed by atoms with Crippen molar-refractivity contribution < 1.29 is 4.79 Å². The molecule has 1 aliphatic rings. The molecule has 0 aliphatic carbocycles. The van der Waals surface area contributed by atoms with Crippen molar-refractivity contribution >= 4 is 6.03 Å². The van der Waals surface area contributed by atoms with E-state index >= 15 is 0 Å². The third-order valence-corrected chi connectivity index (χ3v) is 2.59. The van der Waals surface area contributed by atoms with Crippen molar-refractivity contribution in [2.45, 2.75) is 26.7 Å². The van der Waals surface area contributed by atoms with Crippen LogP contribution in [0.25, 0.3) is 0 Å². The monoisotopic (exact) mass is 184 g/mol. The number of carbonyl (C=O) groups is 1. The van der Waals surface area contributed by atoms with Gasteiger partial charge in [-0.1, -0.05) is 13.8 Å². The highest BCUT2D eigenvalue weighted by atomic mass is 16.2. The normalized spacial score (nSPS) is 22.5. The zero-order valence-electron chi connectivity index (χ0n) is 8.84. The molecule has 1 heterocycles. The molecule has 76 valence electrons. The molecular weight excluding hydrogens is 164 g/mol. The zero-order chi connectivity index (χ0) is 9.84. The van der Waals surface area contributed by atoms with Crippen molar-refractivity contribution in [3.8, 4) is 0 Å². The number of hydrogen-bond donors (Lipinski definition) is 1. The molecule has 3 nitrogen and oxygen atoms in total. The Morgan fingerprint density at radius 2 is 2.31 bits per heavy atom. The van der Waals surface area contributed by atoms with Crippen molar-refractivity contribution in [2.75, 3.05) is 20.1 Å². The van der Waals surface area contributed by atoms with Crippen LogP contribution >= 0.6 is 0 Å². The van der Waals surface area contributed by atoms with E-state index in [9.17, 15) is 4.79 Å². The molecule has 2 amide bonds. The van der Waals surface area contributed by atoms with Crippen molar-refractivity contribution in [1.29, 1.82) is 0 Å². The summed E-state index contributed by atoms with van der Waals surface area (Å²) < 4.78 is 0. The lowest BCUT2D eigenvalue weighted by molar-refractivity contribution is 0.208. The lowest BCUT2D eigenvalue weighted by atomic mass is 9.97. The molecule has 0 radical (unpaired) electrons. The van der Waals surface area contributed by atoms with Gasteiger partial charge in [0.05, 0.1) is 0 Å². The van der Waals surface area contributed by atoms with Gasteiger partial charge in [0.1, 0.15) is 0 Å². The lowest BCUT2D eigenvalue weighted by Crippen LogP contribution is -2.36. The molecule has 0 aromatic carbocycles. The molecule has 0 aromatic heterocycles. The maximum absolute atomic E-state index is 11.3. The molecule has 1 unspecified atom stereocenters. The summed E-state index contributed by atoms with van der Waals surface area (Å²) in [5, 5.41) is 2.67. The molecule has 1 aliphatic heterocycles. The SMILES string of the molecule is CNC(=O)N1CCC(CC(C)C)C1. The highest BCUT2D eigenvalue weighted by Crippen LogP contribution is 2.22. The van der Waals surface area contributed by atoms with E-state index in [-0.39, 0.29) is 6.03 Å². The fourth-order valence-corrected chi connectivity index (χ4v) is 2.03. The van der Waals surface area contributed by atoms with Crippen LogP contribution in [0.2, 0.25) is 0 Å². The molecule has 1 rings (SSSR count). The van der Waals surface area contributed by atoms with Gasteiger partial charge >= 0.3 is 6.03 Å². The third kappa shape index (κ3) is 2.90. The second kappa shape index (κ2) is 4.49. The van der Waals surface area contributed by atoms with Crippen LogP contribution in [0.3, 0.4) is 0 Å². The molecule has 0 saturated carbocycles. The summed E-state index contributed by atoms with van der Waals surface area (Å²) in [6.07, 6.45) is 2.42. The van der Waals surface area contributed by atoms with Gasteiger partial charge in [-0.2, -0.15) is 0 Å². The molecule has 0 spiro atoms. The average molecular weight is 184 g/mol. The number of hydrogen-bond acceptors (Lipinski definition) is 1. The molecular formula is C10H20N2O. The van der Waals surface area contributed by atoms with Gasteiger partial charge in [-0.05, 0) is 24.7 Å². The van der Waals surface area contributed by atoms with E-state index in [2.05, 4.69) is 19.2 Å². The third-order valence-electron chi connectivity index (χ3n) is 2.59. The van der Waals surface area contributed by atoms with Gasteiger partial charge in [0.2, 0.25) is 0 Å². The second-order valence-corrected chi connectivity index (χ2v) is 4.29. The number of urea groups is 1. The van der Waals surface area contributed by atoms with Gasteiger partial charge in [-0.3, -0.25) is 0 Å². The molecule has 1 atom stereocenters. The summed E-state index contributed by atoms with van der Waals surface area (Å²) in [7, 11) is 1.69. The van der Waals surface area contributed by atoms with Crippen LogP contribution in [0, 0.1) is 11.8 Å². The smallest absolute Gasteiger partial charge is 0.317 e. The number of likely N-dealkylation sites (tertiary alicyclic amines) is 1. The summed E-state index contributed by atoms with van der Waals surface area (Å²) >= 11 is 0. The molecule has 1 N–H and O–H groups in total. The van der Waals surface area contributed by atoms with Gasteiger partial charge in [0.15, 0.2) is 0 Å². The van der Waals surface area contributed by atoms with E-state index in [1.165, 1.54) is 12.8 Å². The predicted octanol–water partition coefficient (Wildman–Crippen LogP) is 1.69. The number of nitrogens with one attached hydrogen (secondary N) is 1. The first-order valence-electron chi connectivity index (χ1n) is 5.10. The van der Waals surface area contributed by atoms with Crippen LogP contribution in [0.15, 0.2) is 0 Å². The largest absolute Gasteiger partial charge is 0.341 e. The Kier molecular flexibility index (Phi) is 3.58. The highest BCUT2D eigenvalue weighted by molar-refractivity contribution is 5.74. The fraction of sp³-hybridized carbons (Fsp3) is 0.900. The highest BCUT2D eigenvalue weighted by Gasteiger charge is 2.25. The Morgan fingerprint density at radius 3 is 2.85 bits per heavy atom. The minimum absolute atomic E-state index is 0.0752. The van der Waals surface area contributed by atoms with E-state index in [4.69, 9.17) is 0 Å². The van der Waals surface area contributed by atoms with Crippen molar-refractivity contribution in [3.05, 3.63) is 0 Å². The van der Waals surface area contributed by atoms with Gasteiger partial charge < -0.3 is 10.2 Å². The van der Waals surface area contributed by atoms with Crippen LogP contribution in [0.5, 0.6) is 0 Å². The summed E-state index contributed by atoms with van der Waals surface area (Å²) in [5.41, 5.74) is 0. The number of carbonyl (C=O) groups excluding carboxylic acids is 1. The van der Waals surface area contributed by atoms with Gasteiger partial charge in [-0.25, -0.2) is 4.79 Å². The van der Waals surface area contributed by atoms with E-state index in [1.807, 2.05) is 4.90 Å². The van der Waals surface area contributed by atoms with Gasteiger partial charge in [0.25, 0.3) is 0 Å². The minimum Gasteiger partial charge on any atom is -0.341 e. The van der Waals surface area contributed by atoms with Crippen molar-refractivity contribution in [2.24, 2.45) is 11.8 Å². The molecule has 0 bridgehead atoms. The first kappa shape index (κ1) is 10.4. The fourth-order valence-electron chi connectivity index (χ4n) is 2.03. The Bertz CT molecular complexity index is 180. The van der Waals surface area contributed by atoms with Crippen LogP contribution < -0.4 is 5.32 Å². The number of nitrogens with zero attached hydrogens (tertiary/aromatic N) is 1. The quantitative estimate of drug-likeness (QED) is 0.696. The first-order chi connectivity index (χ1) is 6.13. The van der Waals surface area contributed by atoms with E-state index < -0.39 is 0 Å². The van der Waals surface area contributed by atoms with Crippen LogP contribution in [-0.4, -0.2) is 31.1 Å². The van der Waals surface area contributed by atoms with Gasteiger partial charge in [0, 0.05) is 20.1 Å². The standard InChI is InChI=1S/C10H20N2O/c1-8(2)6-9-4-5-12(7-9)10(13)11-3/h8-9H,4-7H2,1-3H3,(H,11,13). The van der Waals surface area contributed by atoms with E-state index in [1.54, 1.807) is 7.05 Å². The summed E-state index contributed by atoms with van der Waals surface area (Å²) in [4.78, 5) is 13.2. The first-order valence-corrected chi connectivity index (χ1v) is 5.10. The van der Waals surface area contributed by atoms with Crippen LogP contribution in [0.1, 0.15) is 26.7 Å². The maximum atomic E-state index is 11.3. The summed E-state index contributed by atoms with van der Waals surface area (Å²) in [5.74, 6) is 1.46. The van der Waals surface area contributed by atoms with E-state index in [0.717, 1.165) is 24.9 Å². The zero-order valence-corrected chi connectivity index (χ0v) is 8.84. The Morgan fingerprint density at radius 1 is 1.62 bits per heavy atom. The predicted molar refractivity (Wildman–Crippen MR) is 53.6 cm³/mol. The molecule has 13 heavy (non-hydrogen) atoms. The van der Waals surface area contributed by atoms with Crippen LogP contribution in [0.4, 0.5) is 4.79 Å². The number of rotatable bonds is 2. The molecule has 3 heteroatoms. The molecule has 1 fully saturated rings. The topological polar surface area (TPSA) is 32.3 Å². The van der Waals surface area contributed by atoms with Crippen LogP contribution in [-0.2, 0) is 0 Å². The van der Waals surface area contributed by atoms with Crippen molar-refractivity contribution in [1.82, 2.24) is 10.2 Å². The lowest BCUT2D eigenvalue weighted by Gasteiger charge is -2.16. The Balaban J connectivity index is 2.32. The maximum Gasteiger partial charge on any atom is 0.317 e. The average Bonchev–Trinajstić information content (AvgIpc) is 2.50. The number of amides is 2. The van der Waals surface area contributed by atoms with Gasteiger partial charge in [-0.15, -0.1) is 0 Å². The van der Waals surface area contributed by atoms with E-state index in [0.29, 0.717) is 0 Å².